The van der Waals surface area contributed by atoms with Crippen LogP contribution in [-0.4, -0.2) is 67.7 Å². The van der Waals surface area contributed by atoms with Crippen LogP contribution in [0.3, 0.4) is 0 Å². The number of aliphatic hydroxyl groups is 4. The Hall–Kier alpha value is -1.55. The molecule has 0 saturated carbocycles. The van der Waals surface area contributed by atoms with Gasteiger partial charge in [0.15, 0.2) is 12.2 Å². The Balaban J connectivity index is 4.58. The summed E-state index contributed by atoms with van der Waals surface area (Å²) in [7, 11) is 0. The summed E-state index contributed by atoms with van der Waals surface area (Å²) >= 11 is 0. The maximum absolute atomic E-state index is 11.0. The second-order valence-electron chi connectivity index (χ2n) is 3.25. The van der Waals surface area contributed by atoms with E-state index in [1.165, 1.54) is 0 Å². The number of amides is 2. The highest BCUT2D eigenvalue weighted by atomic mass is 16.4. The van der Waals surface area contributed by atoms with E-state index in [2.05, 4.69) is 0 Å². The van der Waals surface area contributed by atoms with Gasteiger partial charge in [-0.1, -0.05) is 0 Å². The average molecular weight is 251 g/mol. The predicted molar refractivity (Wildman–Crippen MR) is 50.5 cm³/mol. The van der Waals surface area contributed by atoms with E-state index in [1.54, 1.807) is 5.32 Å². The number of hydrogen-bond donors (Lipinski definition) is 6. The van der Waals surface area contributed by atoms with Crippen LogP contribution in [0.5, 0.6) is 0 Å². The van der Waals surface area contributed by atoms with Crippen molar-refractivity contribution in [3.8, 4) is 0 Å². The third kappa shape index (κ3) is 4.44. The number of carbonyl (C=O) groups is 3. The molecule has 2 amide bonds. The standard InChI is InChI=1S/C8H13NO8/c1-2(10)9-7(15)5(13)3(11)4(12)6(14)8(16)17/h3-6,11-14H,1H3,(H,16,17)(H,9,10,15). The third-order valence-corrected chi connectivity index (χ3v) is 1.82. The van der Waals surface area contributed by atoms with Crippen LogP contribution in [-0.2, 0) is 14.4 Å². The molecule has 0 aliphatic carbocycles. The van der Waals surface area contributed by atoms with Gasteiger partial charge in [-0.15, -0.1) is 0 Å². The Bertz CT molecular complexity index is 317. The summed E-state index contributed by atoms with van der Waals surface area (Å²) in [5.74, 6) is -3.97. The summed E-state index contributed by atoms with van der Waals surface area (Å²) in [6.07, 6.45) is -9.15. The van der Waals surface area contributed by atoms with Crippen molar-refractivity contribution < 1.29 is 39.9 Å². The van der Waals surface area contributed by atoms with Gasteiger partial charge in [0.25, 0.3) is 5.91 Å². The molecular weight excluding hydrogens is 238 g/mol. The monoisotopic (exact) mass is 251 g/mol. The molecule has 17 heavy (non-hydrogen) atoms. The van der Waals surface area contributed by atoms with Crippen LogP contribution in [0.4, 0.5) is 0 Å². The molecule has 0 aromatic heterocycles. The number of nitrogens with one attached hydrogen (secondary N) is 1. The molecule has 98 valence electrons. The van der Waals surface area contributed by atoms with Crippen molar-refractivity contribution in [3.05, 3.63) is 0 Å². The van der Waals surface area contributed by atoms with Crippen molar-refractivity contribution in [3.63, 3.8) is 0 Å². The lowest BCUT2D eigenvalue weighted by Gasteiger charge is -2.23. The van der Waals surface area contributed by atoms with Crippen LogP contribution < -0.4 is 5.32 Å². The first-order valence-corrected chi connectivity index (χ1v) is 4.45. The molecule has 0 fully saturated rings. The van der Waals surface area contributed by atoms with Gasteiger partial charge in [0.1, 0.15) is 12.2 Å². The molecule has 4 atom stereocenters. The van der Waals surface area contributed by atoms with Gasteiger partial charge in [0.2, 0.25) is 5.91 Å². The van der Waals surface area contributed by atoms with Gasteiger partial charge in [-0.3, -0.25) is 14.9 Å². The van der Waals surface area contributed by atoms with E-state index in [4.69, 9.17) is 20.4 Å². The van der Waals surface area contributed by atoms with Gasteiger partial charge in [-0.2, -0.15) is 0 Å². The molecule has 0 spiro atoms. The van der Waals surface area contributed by atoms with Crippen LogP contribution in [0.25, 0.3) is 0 Å². The molecule has 0 radical (unpaired) electrons. The summed E-state index contributed by atoms with van der Waals surface area (Å²) in [6.45, 7) is 0.972. The molecule has 0 aromatic rings. The fraction of sp³-hybridized carbons (Fsp3) is 0.625. The minimum Gasteiger partial charge on any atom is -0.479 e. The summed E-state index contributed by atoms with van der Waals surface area (Å²) in [5, 5.41) is 46.2. The largest absolute Gasteiger partial charge is 0.479 e. The van der Waals surface area contributed by atoms with Crippen LogP contribution in [0.2, 0.25) is 0 Å². The number of carboxylic acid groups (broad SMARTS) is 1. The molecule has 0 aliphatic rings. The van der Waals surface area contributed by atoms with Crippen molar-refractivity contribution in [1.82, 2.24) is 5.32 Å². The Morgan fingerprint density at radius 1 is 0.941 bits per heavy atom. The maximum atomic E-state index is 11.0. The van der Waals surface area contributed by atoms with Crippen molar-refractivity contribution in [2.75, 3.05) is 0 Å². The van der Waals surface area contributed by atoms with E-state index in [1.807, 2.05) is 0 Å². The SMILES string of the molecule is CC(=O)NC(=O)C(O)C(O)C(O)C(O)C(=O)O. The first-order valence-electron chi connectivity index (χ1n) is 4.45. The Kier molecular flexibility index (Phi) is 5.68. The fourth-order valence-corrected chi connectivity index (χ4v) is 0.922. The molecule has 0 saturated heterocycles. The minimum absolute atomic E-state index is 0.811. The Morgan fingerprint density at radius 2 is 1.35 bits per heavy atom. The number of aliphatic hydroxyl groups excluding tert-OH is 4. The zero-order valence-corrected chi connectivity index (χ0v) is 8.77. The lowest BCUT2D eigenvalue weighted by atomic mass is 10.0. The molecule has 0 aromatic carbocycles. The second-order valence-corrected chi connectivity index (χ2v) is 3.25. The van der Waals surface area contributed by atoms with Gasteiger partial charge >= 0.3 is 5.97 Å². The topological polar surface area (TPSA) is 164 Å². The third-order valence-electron chi connectivity index (χ3n) is 1.82. The molecule has 4 unspecified atom stereocenters. The molecule has 9 heteroatoms. The quantitative estimate of drug-likeness (QED) is 0.289. The van der Waals surface area contributed by atoms with Gasteiger partial charge in [0.05, 0.1) is 0 Å². The summed E-state index contributed by atoms with van der Waals surface area (Å²) in [4.78, 5) is 31.7. The first kappa shape index (κ1) is 15.4. The van der Waals surface area contributed by atoms with Gasteiger partial charge in [-0.25, -0.2) is 4.79 Å². The lowest BCUT2D eigenvalue weighted by Crippen LogP contribution is -2.53. The molecule has 0 bridgehead atoms. The molecule has 0 rings (SSSR count). The van der Waals surface area contributed by atoms with Crippen LogP contribution in [0, 0.1) is 0 Å². The zero-order chi connectivity index (χ0) is 13.7. The van der Waals surface area contributed by atoms with Crippen molar-refractivity contribution in [2.24, 2.45) is 0 Å². The van der Waals surface area contributed by atoms with E-state index in [0.717, 1.165) is 6.92 Å². The molecule has 0 aliphatic heterocycles. The van der Waals surface area contributed by atoms with Crippen LogP contribution in [0.15, 0.2) is 0 Å². The van der Waals surface area contributed by atoms with E-state index in [9.17, 15) is 19.5 Å². The average Bonchev–Trinajstić information content (AvgIpc) is 2.23. The molecular formula is C8H13NO8. The van der Waals surface area contributed by atoms with Crippen molar-refractivity contribution in [2.45, 2.75) is 31.3 Å². The minimum atomic E-state index is -2.37. The van der Waals surface area contributed by atoms with Crippen molar-refractivity contribution >= 4 is 17.8 Å². The smallest absolute Gasteiger partial charge is 0.335 e. The lowest BCUT2D eigenvalue weighted by molar-refractivity contribution is -0.166. The molecule has 6 N–H and O–H groups in total. The van der Waals surface area contributed by atoms with E-state index >= 15 is 0 Å². The number of carbonyl (C=O) groups excluding carboxylic acids is 2. The summed E-state index contributed by atoms with van der Waals surface area (Å²) in [5.41, 5.74) is 0. The predicted octanol–water partition coefficient (Wildman–Crippen LogP) is -3.82. The summed E-state index contributed by atoms with van der Waals surface area (Å²) < 4.78 is 0. The highest BCUT2D eigenvalue weighted by Crippen LogP contribution is 2.05. The van der Waals surface area contributed by atoms with E-state index < -0.39 is 42.2 Å². The Morgan fingerprint density at radius 3 is 1.71 bits per heavy atom. The molecule has 9 nitrogen and oxygen atoms in total. The van der Waals surface area contributed by atoms with E-state index in [0.29, 0.717) is 0 Å². The van der Waals surface area contributed by atoms with Gasteiger partial charge in [0, 0.05) is 6.92 Å². The number of aliphatic carboxylic acids is 1. The van der Waals surface area contributed by atoms with Crippen molar-refractivity contribution in [1.29, 1.82) is 0 Å². The van der Waals surface area contributed by atoms with Gasteiger partial charge < -0.3 is 25.5 Å². The highest BCUT2D eigenvalue weighted by molar-refractivity contribution is 5.96. The Labute approximate surface area is 95.3 Å². The van der Waals surface area contributed by atoms with Crippen LogP contribution in [0.1, 0.15) is 6.92 Å². The first-order chi connectivity index (χ1) is 7.68. The maximum Gasteiger partial charge on any atom is 0.335 e. The van der Waals surface area contributed by atoms with Gasteiger partial charge in [-0.05, 0) is 0 Å². The number of carboxylic acids is 1. The highest BCUT2D eigenvalue weighted by Gasteiger charge is 2.37. The normalized spacial score (nSPS) is 17.7. The molecule has 0 heterocycles. The number of rotatable bonds is 5. The zero-order valence-electron chi connectivity index (χ0n) is 8.77. The fourth-order valence-electron chi connectivity index (χ4n) is 0.922. The second kappa shape index (κ2) is 6.25. The number of hydrogen-bond acceptors (Lipinski definition) is 7. The summed E-state index contributed by atoms with van der Waals surface area (Å²) in [6, 6.07) is 0. The number of imide groups is 1. The van der Waals surface area contributed by atoms with E-state index in [-0.39, 0.29) is 0 Å². The van der Waals surface area contributed by atoms with Crippen LogP contribution >= 0.6 is 0 Å².